The Morgan fingerprint density at radius 1 is 1.10 bits per heavy atom. The molecular weight excluding hydrogens is 403 g/mol. The van der Waals surface area contributed by atoms with E-state index >= 15 is 0 Å². The summed E-state index contributed by atoms with van der Waals surface area (Å²) in [4.78, 5) is 14.7. The van der Waals surface area contributed by atoms with E-state index < -0.39 is 6.04 Å². The number of amides is 1. The minimum absolute atomic E-state index is 0.0768. The molecule has 0 saturated carbocycles. The van der Waals surface area contributed by atoms with Crippen LogP contribution in [0.3, 0.4) is 0 Å². The number of nitrogens with one attached hydrogen (secondary N) is 1. The zero-order valence-corrected chi connectivity index (χ0v) is 17.3. The van der Waals surface area contributed by atoms with Crippen molar-refractivity contribution >= 4 is 23.7 Å². The second-order valence-corrected chi connectivity index (χ2v) is 8.36. The lowest BCUT2D eigenvalue weighted by Gasteiger charge is -2.24. The van der Waals surface area contributed by atoms with Gasteiger partial charge in [0.25, 0.3) is 0 Å². The van der Waals surface area contributed by atoms with Gasteiger partial charge in [0.05, 0.1) is 6.42 Å². The van der Waals surface area contributed by atoms with Gasteiger partial charge in [-0.3, -0.25) is 4.79 Å². The van der Waals surface area contributed by atoms with Crippen LogP contribution in [-0.2, 0) is 17.6 Å². The predicted octanol–water partition coefficient (Wildman–Crippen LogP) is 3.40. The second kappa shape index (κ2) is 9.75. The Balaban J connectivity index is 1.50. The number of hydrogen-bond donors (Lipinski definition) is 1. The monoisotopic (exact) mass is 426 g/mol. The van der Waals surface area contributed by atoms with Crippen molar-refractivity contribution in [2.24, 2.45) is 0 Å². The number of benzene rings is 2. The number of thioether (sulfide) groups is 1. The highest BCUT2D eigenvalue weighted by Gasteiger charge is 2.24. The van der Waals surface area contributed by atoms with Gasteiger partial charge in [-0.2, -0.15) is 11.8 Å². The molecule has 4 rings (SSSR count). The standard InChI is InChI=1S/C22H23FN4O2S/c23-18-8-4-7-17(13-18)15-20(28)24-19(14-16-5-2-1-3-6-16)21-25-26-22(29-21)27-9-11-30-12-10-27/h1-8,13,19H,9-12,14-15H2,(H,24,28). The van der Waals surface area contributed by atoms with Crippen molar-refractivity contribution in [1.82, 2.24) is 15.5 Å². The average molecular weight is 427 g/mol. The largest absolute Gasteiger partial charge is 0.406 e. The van der Waals surface area contributed by atoms with Crippen LogP contribution in [0.1, 0.15) is 23.1 Å². The molecule has 2 aromatic carbocycles. The van der Waals surface area contributed by atoms with Gasteiger partial charge in [0.15, 0.2) is 0 Å². The second-order valence-electron chi connectivity index (χ2n) is 7.14. The van der Waals surface area contributed by atoms with Crippen LogP contribution in [0.2, 0.25) is 0 Å². The van der Waals surface area contributed by atoms with Gasteiger partial charge in [-0.1, -0.05) is 47.6 Å². The van der Waals surface area contributed by atoms with Gasteiger partial charge < -0.3 is 14.6 Å². The van der Waals surface area contributed by atoms with Crippen molar-refractivity contribution in [2.75, 3.05) is 29.5 Å². The molecule has 1 atom stereocenters. The Bertz CT molecular complexity index is 976. The third-order valence-corrected chi connectivity index (χ3v) is 5.82. The summed E-state index contributed by atoms with van der Waals surface area (Å²) in [5.74, 6) is 1.84. The quantitative estimate of drug-likeness (QED) is 0.624. The molecule has 6 nitrogen and oxygen atoms in total. The van der Waals surface area contributed by atoms with Crippen molar-refractivity contribution in [1.29, 1.82) is 0 Å². The maximum Gasteiger partial charge on any atom is 0.318 e. The minimum Gasteiger partial charge on any atom is -0.406 e. The van der Waals surface area contributed by atoms with Crippen LogP contribution in [-0.4, -0.2) is 40.7 Å². The molecule has 0 aliphatic carbocycles. The smallest absolute Gasteiger partial charge is 0.318 e. The molecule has 1 aliphatic heterocycles. The number of aromatic nitrogens is 2. The molecule has 0 radical (unpaired) electrons. The molecule has 30 heavy (non-hydrogen) atoms. The molecule has 1 saturated heterocycles. The molecule has 8 heteroatoms. The van der Waals surface area contributed by atoms with E-state index in [1.165, 1.54) is 12.1 Å². The van der Waals surface area contributed by atoms with E-state index in [1.807, 2.05) is 42.1 Å². The lowest BCUT2D eigenvalue weighted by molar-refractivity contribution is -0.121. The molecule has 3 aromatic rings. The number of rotatable bonds is 7. The van der Waals surface area contributed by atoms with E-state index in [9.17, 15) is 9.18 Å². The Labute approximate surface area is 178 Å². The summed E-state index contributed by atoms with van der Waals surface area (Å²) in [5, 5.41) is 11.4. The first-order valence-corrected chi connectivity index (χ1v) is 11.1. The molecule has 1 amide bonds. The molecule has 2 heterocycles. The predicted molar refractivity (Wildman–Crippen MR) is 115 cm³/mol. The number of carbonyl (C=O) groups excluding carboxylic acids is 1. The first kappa shape index (κ1) is 20.4. The maximum atomic E-state index is 13.4. The van der Waals surface area contributed by atoms with Crippen molar-refractivity contribution in [3.63, 3.8) is 0 Å². The number of halogens is 1. The summed E-state index contributed by atoms with van der Waals surface area (Å²) < 4.78 is 19.4. The van der Waals surface area contributed by atoms with Crippen molar-refractivity contribution in [3.8, 4) is 0 Å². The zero-order chi connectivity index (χ0) is 20.8. The van der Waals surface area contributed by atoms with Crippen LogP contribution in [0.25, 0.3) is 0 Å². The van der Waals surface area contributed by atoms with Crippen LogP contribution in [0.5, 0.6) is 0 Å². The molecular formula is C22H23FN4O2S. The van der Waals surface area contributed by atoms with Crippen LogP contribution in [0, 0.1) is 5.82 Å². The Hall–Kier alpha value is -2.87. The van der Waals surface area contributed by atoms with E-state index in [4.69, 9.17) is 4.42 Å². The first-order valence-electron chi connectivity index (χ1n) is 9.91. The van der Waals surface area contributed by atoms with Crippen LogP contribution in [0.15, 0.2) is 59.0 Å². The van der Waals surface area contributed by atoms with Crippen LogP contribution in [0.4, 0.5) is 10.4 Å². The van der Waals surface area contributed by atoms with Gasteiger partial charge in [-0.25, -0.2) is 4.39 Å². The van der Waals surface area contributed by atoms with E-state index in [-0.39, 0.29) is 18.1 Å². The Kier molecular flexibility index (Phi) is 6.63. The Morgan fingerprint density at radius 3 is 2.63 bits per heavy atom. The lowest BCUT2D eigenvalue weighted by atomic mass is 10.1. The van der Waals surface area contributed by atoms with Crippen molar-refractivity contribution < 1.29 is 13.6 Å². The highest BCUT2D eigenvalue weighted by Crippen LogP contribution is 2.23. The van der Waals surface area contributed by atoms with Gasteiger partial charge in [0, 0.05) is 31.0 Å². The van der Waals surface area contributed by atoms with E-state index in [2.05, 4.69) is 20.4 Å². The lowest BCUT2D eigenvalue weighted by Crippen LogP contribution is -2.32. The fraction of sp³-hybridized carbons (Fsp3) is 0.318. The third-order valence-electron chi connectivity index (χ3n) is 4.88. The van der Waals surface area contributed by atoms with Gasteiger partial charge in [0.1, 0.15) is 11.9 Å². The summed E-state index contributed by atoms with van der Waals surface area (Å²) in [6.45, 7) is 1.73. The van der Waals surface area contributed by atoms with Gasteiger partial charge in [-0.05, 0) is 23.3 Å². The third kappa shape index (κ3) is 5.38. The van der Waals surface area contributed by atoms with Gasteiger partial charge >= 0.3 is 6.01 Å². The highest BCUT2D eigenvalue weighted by atomic mass is 32.2. The minimum atomic E-state index is -0.464. The maximum absolute atomic E-state index is 13.4. The molecule has 1 N–H and O–H groups in total. The molecule has 0 bridgehead atoms. The summed E-state index contributed by atoms with van der Waals surface area (Å²) in [7, 11) is 0. The number of anilines is 1. The number of nitrogens with zero attached hydrogens (tertiary/aromatic N) is 3. The summed E-state index contributed by atoms with van der Waals surface area (Å²) in [5.41, 5.74) is 1.66. The normalized spacial score (nSPS) is 15.0. The molecule has 1 fully saturated rings. The number of carbonyl (C=O) groups is 1. The first-order chi connectivity index (χ1) is 14.7. The van der Waals surface area contributed by atoms with E-state index in [1.54, 1.807) is 12.1 Å². The number of hydrogen-bond acceptors (Lipinski definition) is 6. The molecule has 0 spiro atoms. The fourth-order valence-corrected chi connectivity index (χ4v) is 4.28. The molecule has 1 aliphatic rings. The van der Waals surface area contributed by atoms with Gasteiger partial charge in [0.2, 0.25) is 11.8 Å². The highest BCUT2D eigenvalue weighted by molar-refractivity contribution is 7.99. The van der Waals surface area contributed by atoms with Crippen molar-refractivity contribution in [2.45, 2.75) is 18.9 Å². The van der Waals surface area contributed by atoms with Crippen molar-refractivity contribution in [3.05, 3.63) is 77.4 Å². The van der Waals surface area contributed by atoms with Gasteiger partial charge in [-0.15, -0.1) is 5.10 Å². The molecule has 1 unspecified atom stereocenters. The summed E-state index contributed by atoms with van der Waals surface area (Å²) in [6.07, 6.45) is 0.598. The van der Waals surface area contributed by atoms with Crippen LogP contribution < -0.4 is 10.2 Å². The van der Waals surface area contributed by atoms with E-state index in [0.717, 1.165) is 30.2 Å². The Morgan fingerprint density at radius 2 is 1.87 bits per heavy atom. The molecule has 1 aromatic heterocycles. The summed E-state index contributed by atoms with van der Waals surface area (Å²) in [6, 6.07) is 15.9. The molecule has 156 valence electrons. The zero-order valence-electron chi connectivity index (χ0n) is 16.5. The van der Waals surface area contributed by atoms with E-state index in [0.29, 0.717) is 23.9 Å². The SMILES string of the molecule is O=C(Cc1cccc(F)c1)NC(Cc1ccccc1)c1nnc(N2CCSCC2)o1. The average Bonchev–Trinajstić information content (AvgIpc) is 3.25. The fourth-order valence-electron chi connectivity index (χ4n) is 3.38. The topological polar surface area (TPSA) is 71.3 Å². The van der Waals surface area contributed by atoms with Crippen LogP contribution >= 0.6 is 11.8 Å². The summed E-state index contributed by atoms with van der Waals surface area (Å²) >= 11 is 1.90.